The van der Waals surface area contributed by atoms with Gasteiger partial charge in [-0.2, -0.15) is 0 Å². The normalized spacial score (nSPS) is 18.7. The van der Waals surface area contributed by atoms with Crippen LogP contribution in [0.15, 0.2) is 36.8 Å². The molecule has 1 fully saturated rings. The van der Waals surface area contributed by atoms with Crippen LogP contribution in [0.4, 0.5) is 5.69 Å². The Kier molecular flexibility index (Phi) is 6.83. The van der Waals surface area contributed by atoms with E-state index in [9.17, 15) is 13.5 Å². The zero-order chi connectivity index (χ0) is 24.7. The monoisotopic (exact) mass is 503 g/mol. The Morgan fingerprint density at radius 3 is 2.53 bits per heavy atom. The Bertz CT molecular complexity index is 1290. The highest BCUT2D eigenvalue weighted by atomic mass is 35.5. The molecule has 182 valence electrons. The molecule has 0 aliphatic carbocycles. The summed E-state index contributed by atoms with van der Waals surface area (Å²) in [7, 11) is -3.21. The highest BCUT2D eigenvalue weighted by Crippen LogP contribution is 2.35. The number of benzene rings is 1. The van der Waals surface area contributed by atoms with Gasteiger partial charge >= 0.3 is 0 Å². The summed E-state index contributed by atoms with van der Waals surface area (Å²) in [5.41, 5.74) is 2.16. The molecule has 2 atom stereocenters. The first kappa shape index (κ1) is 24.8. The number of hydrogen-bond acceptors (Lipinski definition) is 7. The second-order valence-corrected chi connectivity index (χ2v) is 11.9. The van der Waals surface area contributed by atoms with Crippen molar-refractivity contribution < 1.29 is 13.5 Å². The van der Waals surface area contributed by atoms with Crippen molar-refractivity contribution in [3.63, 3.8) is 0 Å². The number of halogens is 1. The smallest absolute Gasteiger partial charge is 0.211 e. The van der Waals surface area contributed by atoms with Crippen LogP contribution in [0.5, 0.6) is 0 Å². The largest absolute Gasteiger partial charge is 0.382 e. The van der Waals surface area contributed by atoms with Crippen molar-refractivity contribution in [2.45, 2.75) is 45.3 Å². The van der Waals surface area contributed by atoms with Gasteiger partial charge in [-0.25, -0.2) is 22.7 Å². The second kappa shape index (κ2) is 9.37. The van der Waals surface area contributed by atoms with E-state index in [0.717, 1.165) is 40.6 Å². The molecule has 0 bridgehead atoms. The number of piperidine rings is 1. The molecule has 0 saturated carbocycles. The lowest BCUT2D eigenvalue weighted by Crippen LogP contribution is -2.44. The minimum atomic E-state index is -3.21. The summed E-state index contributed by atoms with van der Waals surface area (Å²) in [5, 5.41) is 15.0. The van der Waals surface area contributed by atoms with Gasteiger partial charge in [0.25, 0.3) is 0 Å². The van der Waals surface area contributed by atoms with Crippen LogP contribution in [0.2, 0.25) is 5.02 Å². The van der Waals surface area contributed by atoms with Crippen molar-refractivity contribution >= 4 is 38.2 Å². The fourth-order valence-electron chi connectivity index (χ4n) is 4.32. The Balaban J connectivity index is 1.64. The third kappa shape index (κ3) is 5.33. The van der Waals surface area contributed by atoms with E-state index in [1.54, 1.807) is 36.7 Å². The van der Waals surface area contributed by atoms with Crippen LogP contribution < -0.4 is 5.32 Å². The summed E-state index contributed by atoms with van der Waals surface area (Å²) in [6.45, 7) is 6.41. The summed E-state index contributed by atoms with van der Waals surface area (Å²) in [5.74, 6) is 0.516. The summed E-state index contributed by atoms with van der Waals surface area (Å²) in [4.78, 5) is 13.1. The molecule has 1 aliphatic rings. The molecule has 10 heteroatoms. The molecule has 2 N–H and O–H groups in total. The number of nitrogens with zero attached hydrogens (tertiary/aromatic N) is 4. The summed E-state index contributed by atoms with van der Waals surface area (Å²) in [6, 6.07) is 5.87. The van der Waals surface area contributed by atoms with Crippen LogP contribution in [0.3, 0.4) is 0 Å². The van der Waals surface area contributed by atoms with Gasteiger partial charge in [-0.05, 0) is 57.2 Å². The lowest BCUT2D eigenvalue weighted by atomic mass is 9.92. The molecular weight excluding hydrogens is 474 g/mol. The number of aliphatic hydroxyl groups is 1. The lowest BCUT2D eigenvalue weighted by Gasteiger charge is -2.35. The molecule has 1 aromatic carbocycles. The molecule has 3 aromatic rings. The maximum Gasteiger partial charge on any atom is 0.211 e. The van der Waals surface area contributed by atoms with Gasteiger partial charge in [0.1, 0.15) is 5.60 Å². The third-order valence-electron chi connectivity index (χ3n) is 6.32. The van der Waals surface area contributed by atoms with Crippen LogP contribution in [0, 0.1) is 5.92 Å². The van der Waals surface area contributed by atoms with E-state index in [1.165, 1.54) is 6.26 Å². The Morgan fingerprint density at radius 1 is 1.18 bits per heavy atom. The summed E-state index contributed by atoms with van der Waals surface area (Å²) >= 11 is 6.57. The quantitative estimate of drug-likeness (QED) is 0.522. The molecule has 3 heterocycles. The molecule has 4 rings (SSSR count). The zero-order valence-corrected chi connectivity index (χ0v) is 21.4. The van der Waals surface area contributed by atoms with Crippen molar-refractivity contribution in [3.8, 4) is 11.1 Å². The molecule has 0 spiro atoms. The Labute approximate surface area is 205 Å². The maximum atomic E-state index is 12.0. The van der Waals surface area contributed by atoms with Crippen LogP contribution >= 0.6 is 11.6 Å². The maximum absolute atomic E-state index is 12.0. The van der Waals surface area contributed by atoms with E-state index in [1.807, 2.05) is 18.2 Å². The molecule has 8 nitrogen and oxygen atoms in total. The molecule has 1 unspecified atom stereocenters. The number of anilines is 1. The topological polar surface area (TPSA) is 108 Å². The van der Waals surface area contributed by atoms with Gasteiger partial charge in [-0.3, -0.25) is 4.98 Å². The van der Waals surface area contributed by atoms with Gasteiger partial charge in [0.05, 0.1) is 22.5 Å². The van der Waals surface area contributed by atoms with Crippen LogP contribution in [0.25, 0.3) is 22.0 Å². The minimum Gasteiger partial charge on any atom is -0.382 e. The average Bonchev–Trinajstić information content (AvgIpc) is 2.79. The minimum absolute atomic E-state index is 0.00529. The van der Waals surface area contributed by atoms with Gasteiger partial charge < -0.3 is 10.4 Å². The Hall–Kier alpha value is -2.33. The number of nitrogens with one attached hydrogen (secondary N) is 1. The molecular formula is C24H30ClN5O3S. The fourth-order valence-corrected chi connectivity index (χ4v) is 5.44. The van der Waals surface area contributed by atoms with E-state index < -0.39 is 15.6 Å². The summed E-state index contributed by atoms with van der Waals surface area (Å²) < 4.78 is 25.6. The molecule has 1 saturated heterocycles. The molecule has 1 aliphatic heterocycles. The van der Waals surface area contributed by atoms with E-state index in [2.05, 4.69) is 27.2 Å². The van der Waals surface area contributed by atoms with E-state index in [-0.39, 0.29) is 12.0 Å². The number of hydrogen-bond donors (Lipinski definition) is 2. The molecule has 2 aromatic heterocycles. The first-order valence-electron chi connectivity index (χ1n) is 11.3. The van der Waals surface area contributed by atoms with Gasteiger partial charge in [0.2, 0.25) is 10.0 Å². The highest BCUT2D eigenvalue weighted by Gasteiger charge is 2.29. The second-order valence-electron chi connectivity index (χ2n) is 9.52. The predicted molar refractivity (Wildman–Crippen MR) is 135 cm³/mol. The van der Waals surface area contributed by atoms with E-state index >= 15 is 0 Å². The third-order valence-corrected chi connectivity index (χ3v) is 7.88. The van der Waals surface area contributed by atoms with Gasteiger partial charge in [0, 0.05) is 48.7 Å². The first-order valence-corrected chi connectivity index (χ1v) is 13.5. The fraction of sp³-hybridized carbons (Fsp3) is 0.458. The van der Waals surface area contributed by atoms with Crippen LogP contribution in [0.1, 0.15) is 39.4 Å². The molecule has 34 heavy (non-hydrogen) atoms. The van der Waals surface area contributed by atoms with Crippen LogP contribution in [-0.4, -0.2) is 58.2 Å². The number of aromatic nitrogens is 3. The van der Waals surface area contributed by atoms with Gasteiger partial charge in [-0.1, -0.05) is 17.7 Å². The van der Waals surface area contributed by atoms with Crippen molar-refractivity contribution in [1.29, 1.82) is 0 Å². The zero-order valence-electron chi connectivity index (χ0n) is 19.8. The van der Waals surface area contributed by atoms with Gasteiger partial charge in [-0.15, -0.1) is 0 Å². The number of sulfonamides is 1. The van der Waals surface area contributed by atoms with Crippen molar-refractivity contribution in [2.75, 3.05) is 24.7 Å². The van der Waals surface area contributed by atoms with Gasteiger partial charge in [0.15, 0.2) is 5.82 Å². The standard InChI is InChI=1S/C24H30ClN5O3S/c1-15(17-6-5-9-30(14-17)34(4,32)33)29-22-19-10-16(7-8-21(19)26-13-20(22)25)18-11-27-23(28-12-18)24(2,3)31/h7-8,10-13,15,17,31H,5-6,9,14H2,1-4H3,(H,26,29)/t15-,17?/m1/s1. The van der Waals surface area contributed by atoms with Crippen molar-refractivity contribution in [2.24, 2.45) is 5.92 Å². The predicted octanol–water partition coefficient (Wildman–Crippen LogP) is 4.04. The Morgan fingerprint density at radius 2 is 1.88 bits per heavy atom. The first-order chi connectivity index (χ1) is 15.9. The average molecular weight is 504 g/mol. The number of fused-ring (bicyclic) bond motifs is 1. The molecule has 0 radical (unpaired) electrons. The number of pyridine rings is 1. The van der Waals surface area contributed by atoms with E-state index in [4.69, 9.17) is 11.6 Å². The highest BCUT2D eigenvalue weighted by molar-refractivity contribution is 7.88. The lowest BCUT2D eigenvalue weighted by molar-refractivity contribution is 0.0687. The summed E-state index contributed by atoms with van der Waals surface area (Å²) in [6.07, 6.45) is 8.05. The molecule has 0 amide bonds. The van der Waals surface area contributed by atoms with Crippen molar-refractivity contribution in [3.05, 3.63) is 47.6 Å². The number of rotatable bonds is 6. The van der Waals surface area contributed by atoms with Crippen molar-refractivity contribution in [1.82, 2.24) is 19.3 Å². The SMILES string of the molecule is C[C@@H](Nc1c(Cl)cnc2ccc(-c3cnc(C(C)(C)O)nc3)cc12)C1CCCN(S(C)(=O)=O)C1. The van der Waals surface area contributed by atoms with E-state index in [0.29, 0.717) is 23.9 Å². The van der Waals surface area contributed by atoms with Crippen LogP contribution in [-0.2, 0) is 15.6 Å².